The fraction of sp³-hybridized carbons (Fsp3) is 0.727. The van der Waals surface area contributed by atoms with Gasteiger partial charge in [0.15, 0.2) is 11.5 Å². The predicted octanol–water partition coefficient (Wildman–Crippen LogP) is 6.12. The molecule has 0 radical (unpaired) electrons. The average molecular weight is 331 g/mol. The van der Waals surface area contributed by atoms with E-state index in [2.05, 4.69) is 13.8 Å². The van der Waals surface area contributed by atoms with Gasteiger partial charge in [-0.05, 0) is 98.3 Å². The number of rotatable bonds is 10. The van der Waals surface area contributed by atoms with Crippen molar-refractivity contribution in [1.29, 1.82) is 0 Å². The third-order valence-electron chi connectivity index (χ3n) is 6.46. The first-order valence-electron chi connectivity index (χ1n) is 9.93. The molecule has 0 unspecified atom stereocenters. The molecule has 0 spiro atoms. The van der Waals surface area contributed by atoms with Crippen molar-refractivity contribution in [2.45, 2.75) is 90.9 Å². The topological polar surface area (TPSA) is 40.5 Å². The van der Waals surface area contributed by atoms with Crippen molar-refractivity contribution < 1.29 is 10.2 Å². The van der Waals surface area contributed by atoms with Crippen molar-refractivity contribution >= 4 is 0 Å². The third kappa shape index (κ3) is 4.91. The second kappa shape index (κ2) is 6.98. The van der Waals surface area contributed by atoms with Crippen molar-refractivity contribution in [3.63, 3.8) is 0 Å². The number of aromatic hydroxyl groups is 2. The van der Waals surface area contributed by atoms with E-state index < -0.39 is 0 Å². The van der Waals surface area contributed by atoms with E-state index in [-0.39, 0.29) is 11.5 Å². The molecule has 0 aromatic heterocycles. The number of hydrogen-bond acceptors (Lipinski definition) is 2. The lowest BCUT2D eigenvalue weighted by molar-refractivity contribution is 0.402. The van der Waals surface area contributed by atoms with E-state index in [1.54, 1.807) is 12.1 Å². The normalized spacial score (nSPS) is 20.1. The van der Waals surface area contributed by atoms with Gasteiger partial charge in [0.1, 0.15) is 0 Å². The lowest BCUT2D eigenvalue weighted by Crippen LogP contribution is -1.99. The summed E-state index contributed by atoms with van der Waals surface area (Å²) in [5.41, 5.74) is 3.75. The molecule has 134 valence electrons. The molecule has 3 rings (SSSR count). The zero-order chi connectivity index (χ0) is 17.2. The Balaban J connectivity index is 1.49. The van der Waals surface area contributed by atoms with Gasteiger partial charge in [-0.1, -0.05) is 26.7 Å². The summed E-state index contributed by atoms with van der Waals surface area (Å²) in [6, 6.07) is 3.59. The summed E-state index contributed by atoms with van der Waals surface area (Å²) >= 11 is 0. The quantitative estimate of drug-likeness (QED) is 0.400. The van der Waals surface area contributed by atoms with Crippen LogP contribution in [0.15, 0.2) is 12.1 Å². The summed E-state index contributed by atoms with van der Waals surface area (Å²) in [6.45, 7) is 4.79. The van der Waals surface area contributed by atoms with Gasteiger partial charge in [-0.2, -0.15) is 0 Å². The Morgan fingerprint density at radius 3 is 1.42 bits per heavy atom. The Morgan fingerprint density at radius 2 is 1.08 bits per heavy atom. The lowest BCUT2D eigenvalue weighted by atomic mass is 9.93. The Labute approximate surface area is 147 Å². The van der Waals surface area contributed by atoms with Gasteiger partial charge in [0.25, 0.3) is 0 Å². The molecule has 2 aliphatic carbocycles. The molecular formula is C22H34O2. The maximum absolute atomic E-state index is 9.86. The summed E-state index contributed by atoms with van der Waals surface area (Å²) in [5.74, 6) is 0.0711. The van der Waals surface area contributed by atoms with Crippen LogP contribution in [0.2, 0.25) is 0 Å². The molecule has 0 saturated heterocycles. The van der Waals surface area contributed by atoms with Gasteiger partial charge in [0.2, 0.25) is 0 Å². The van der Waals surface area contributed by atoms with Crippen LogP contribution >= 0.6 is 0 Å². The molecule has 0 aliphatic heterocycles. The van der Waals surface area contributed by atoms with Crippen molar-refractivity contribution in [1.82, 2.24) is 0 Å². The van der Waals surface area contributed by atoms with E-state index in [1.165, 1.54) is 75.3 Å². The zero-order valence-electron chi connectivity index (χ0n) is 15.5. The van der Waals surface area contributed by atoms with Crippen LogP contribution in [0.1, 0.15) is 89.2 Å². The van der Waals surface area contributed by atoms with Gasteiger partial charge >= 0.3 is 0 Å². The minimum absolute atomic E-state index is 0.0356. The van der Waals surface area contributed by atoms with Crippen molar-refractivity contribution in [2.75, 3.05) is 0 Å². The molecule has 0 atom stereocenters. The maximum Gasteiger partial charge on any atom is 0.157 e. The maximum atomic E-state index is 9.86. The number of aryl methyl sites for hydroxylation is 2. The van der Waals surface area contributed by atoms with Crippen LogP contribution in [-0.2, 0) is 12.8 Å². The molecule has 2 fully saturated rings. The van der Waals surface area contributed by atoms with Crippen LogP contribution in [-0.4, -0.2) is 10.2 Å². The molecule has 0 heterocycles. The van der Waals surface area contributed by atoms with Gasteiger partial charge in [-0.3, -0.25) is 0 Å². The van der Waals surface area contributed by atoms with Crippen molar-refractivity contribution in [3.05, 3.63) is 23.3 Å². The third-order valence-corrected chi connectivity index (χ3v) is 6.46. The van der Waals surface area contributed by atoms with Crippen molar-refractivity contribution in [2.24, 2.45) is 10.8 Å². The first-order chi connectivity index (χ1) is 11.4. The molecule has 2 N–H and O–H groups in total. The van der Waals surface area contributed by atoms with Gasteiger partial charge in [-0.15, -0.1) is 0 Å². The van der Waals surface area contributed by atoms with Crippen LogP contribution in [0, 0.1) is 10.8 Å². The SMILES string of the molecule is CC1(CCCCc2cc(O)c(O)cc2CCCCC2(C)CC2)CC1. The Kier molecular flexibility index (Phi) is 5.13. The van der Waals surface area contributed by atoms with Gasteiger partial charge < -0.3 is 10.2 Å². The van der Waals surface area contributed by atoms with E-state index >= 15 is 0 Å². The van der Waals surface area contributed by atoms with Crippen LogP contribution < -0.4 is 0 Å². The largest absolute Gasteiger partial charge is 0.504 e. The number of phenolic OH excluding ortho intramolecular Hbond substituents is 2. The molecule has 0 amide bonds. The molecule has 2 saturated carbocycles. The second-order valence-corrected chi connectivity index (χ2v) is 9.15. The molecule has 2 heteroatoms. The van der Waals surface area contributed by atoms with E-state index in [1.807, 2.05) is 0 Å². The number of phenols is 2. The number of unbranched alkanes of at least 4 members (excludes halogenated alkanes) is 2. The lowest BCUT2D eigenvalue weighted by Gasteiger charge is -2.13. The second-order valence-electron chi connectivity index (χ2n) is 9.15. The molecular weight excluding hydrogens is 296 g/mol. The highest BCUT2D eigenvalue weighted by atomic mass is 16.3. The summed E-state index contributed by atoms with van der Waals surface area (Å²) in [5, 5.41) is 19.7. The first kappa shape index (κ1) is 17.6. The van der Waals surface area contributed by atoms with Crippen LogP contribution in [0.3, 0.4) is 0 Å². The van der Waals surface area contributed by atoms with E-state index in [0.717, 1.165) is 12.8 Å². The fourth-order valence-corrected chi connectivity index (χ4v) is 3.79. The monoisotopic (exact) mass is 330 g/mol. The van der Waals surface area contributed by atoms with Crippen molar-refractivity contribution in [3.8, 4) is 11.5 Å². The van der Waals surface area contributed by atoms with Gasteiger partial charge in [-0.25, -0.2) is 0 Å². The predicted molar refractivity (Wildman–Crippen MR) is 99.6 cm³/mol. The molecule has 1 aromatic carbocycles. The highest BCUT2D eigenvalue weighted by Crippen LogP contribution is 2.50. The zero-order valence-corrected chi connectivity index (χ0v) is 15.5. The molecule has 1 aromatic rings. The van der Waals surface area contributed by atoms with E-state index in [4.69, 9.17) is 0 Å². The summed E-state index contributed by atoms with van der Waals surface area (Å²) < 4.78 is 0. The van der Waals surface area contributed by atoms with E-state index in [0.29, 0.717) is 10.8 Å². The fourth-order valence-electron chi connectivity index (χ4n) is 3.79. The summed E-state index contributed by atoms with van der Waals surface area (Å²) in [4.78, 5) is 0. The highest BCUT2D eigenvalue weighted by molar-refractivity contribution is 5.45. The van der Waals surface area contributed by atoms with Crippen LogP contribution in [0.25, 0.3) is 0 Å². The van der Waals surface area contributed by atoms with Gasteiger partial charge in [0, 0.05) is 0 Å². The Bertz CT molecular complexity index is 517. The number of hydrogen-bond donors (Lipinski definition) is 2. The minimum atomic E-state index is 0.0356. The summed E-state index contributed by atoms with van der Waals surface area (Å²) in [7, 11) is 0. The highest BCUT2D eigenvalue weighted by Gasteiger charge is 2.36. The van der Waals surface area contributed by atoms with Crippen LogP contribution in [0.4, 0.5) is 0 Å². The van der Waals surface area contributed by atoms with Crippen LogP contribution in [0.5, 0.6) is 11.5 Å². The minimum Gasteiger partial charge on any atom is -0.504 e. The number of benzene rings is 1. The molecule has 2 aliphatic rings. The smallest absolute Gasteiger partial charge is 0.157 e. The average Bonchev–Trinajstić information content (AvgIpc) is 3.45. The first-order valence-corrected chi connectivity index (χ1v) is 9.93. The Hall–Kier alpha value is -1.18. The Morgan fingerprint density at radius 1 is 0.708 bits per heavy atom. The molecule has 0 bridgehead atoms. The van der Waals surface area contributed by atoms with Gasteiger partial charge in [0.05, 0.1) is 0 Å². The standard InChI is InChI=1S/C22H34O2/c1-21(11-12-21)9-5-3-7-17-15-19(23)20(24)16-18(17)8-4-6-10-22(2)13-14-22/h15-16,23-24H,3-14H2,1-2H3. The molecule has 2 nitrogen and oxygen atoms in total. The van der Waals surface area contributed by atoms with E-state index in [9.17, 15) is 10.2 Å². The molecule has 24 heavy (non-hydrogen) atoms. The summed E-state index contributed by atoms with van der Waals surface area (Å²) in [6.07, 6.45) is 15.2.